The highest BCUT2D eigenvalue weighted by atomic mass is 32.2. The lowest BCUT2D eigenvalue weighted by molar-refractivity contribution is -0.139. The van der Waals surface area contributed by atoms with Crippen LogP contribution in [0.15, 0.2) is 45.8 Å². The van der Waals surface area contributed by atoms with Gasteiger partial charge in [0.05, 0.1) is 28.7 Å². The van der Waals surface area contributed by atoms with Crippen molar-refractivity contribution in [2.24, 2.45) is 4.99 Å². The van der Waals surface area contributed by atoms with E-state index in [9.17, 15) is 17.8 Å². The first-order valence-corrected chi connectivity index (χ1v) is 15.2. The van der Waals surface area contributed by atoms with E-state index < -0.39 is 57.4 Å². The summed E-state index contributed by atoms with van der Waals surface area (Å²) in [5.74, 6) is -6.93. The van der Waals surface area contributed by atoms with Crippen LogP contribution in [-0.4, -0.2) is 50.3 Å². The van der Waals surface area contributed by atoms with Crippen LogP contribution >= 0.6 is 11.3 Å². The molecule has 2 aliphatic heterocycles. The second-order valence-electron chi connectivity index (χ2n) is 9.77. The number of thiazole rings is 1. The maximum atomic E-state index is 16.1. The molecular formula is C27H28F4N4O3S2. The van der Waals surface area contributed by atoms with Gasteiger partial charge in [-0.25, -0.2) is 41.3 Å². The van der Waals surface area contributed by atoms with Gasteiger partial charge >= 0.3 is 5.97 Å². The average molecular weight is 597 g/mol. The number of amidine groups is 1. The van der Waals surface area contributed by atoms with Gasteiger partial charge in [0, 0.05) is 47.1 Å². The predicted molar refractivity (Wildman–Crippen MR) is 145 cm³/mol. The first-order chi connectivity index (χ1) is 19.2. The number of hydrogen-bond donors (Lipinski definition) is 1. The molecule has 13 heteroatoms. The van der Waals surface area contributed by atoms with Crippen molar-refractivity contribution in [3.05, 3.63) is 68.6 Å². The highest BCUT2D eigenvalue weighted by molar-refractivity contribution is 7.84. The van der Waals surface area contributed by atoms with Crippen LogP contribution in [0.1, 0.15) is 62.6 Å². The molecule has 7 nitrogen and oxygen atoms in total. The number of hydrogen-bond acceptors (Lipinski definition) is 7. The number of aliphatic imine (C=N–C) groups is 1. The molecule has 2 aliphatic carbocycles. The molecule has 0 bridgehead atoms. The van der Waals surface area contributed by atoms with Gasteiger partial charge in [-0.05, 0) is 25.8 Å². The molecule has 0 amide bonds. The molecule has 3 unspecified atom stereocenters. The fourth-order valence-electron chi connectivity index (χ4n) is 5.07. The van der Waals surface area contributed by atoms with E-state index in [0.29, 0.717) is 5.01 Å². The maximum absolute atomic E-state index is 16.1. The molecule has 4 aliphatic rings. The van der Waals surface area contributed by atoms with Crippen LogP contribution in [0.4, 0.5) is 17.6 Å². The summed E-state index contributed by atoms with van der Waals surface area (Å²) in [6, 6.07) is 1.37. The number of halogens is 4. The number of fused-ring (bicyclic) bond motifs is 3. The highest BCUT2D eigenvalue weighted by Gasteiger charge is 2.59. The molecule has 1 saturated heterocycles. The van der Waals surface area contributed by atoms with Crippen molar-refractivity contribution in [1.29, 1.82) is 0 Å². The second kappa shape index (κ2) is 11.2. The van der Waals surface area contributed by atoms with Gasteiger partial charge in [-0.15, -0.1) is 11.3 Å². The van der Waals surface area contributed by atoms with Crippen molar-refractivity contribution in [1.82, 2.24) is 14.6 Å². The number of carbonyl (C=O) groups is 1. The molecule has 1 aromatic carbocycles. The van der Waals surface area contributed by atoms with Gasteiger partial charge in [-0.1, -0.05) is 26.3 Å². The normalized spacial score (nSPS) is 24.0. The standard InChI is InChI=1S/C24H20F4N4O3S2.C3H8/c1-2-35-23(33)17-15-9-11(31-37(34)12-3-4-12)10-32(15)21(22-29-7-8-36-22)30-24(17)13-5-6-14(25)18(26)16(13)19(27)20(24)28;1-3-2/h5-8,11-12,31H,2-4,9-10H2,1H3;3H2,1-2H3. The summed E-state index contributed by atoms with van der Waals surface area (Å²) in [4.78, 5) is 23.9. The smallest absolute Gasteiger partial charge is 0.339 e. The van der Waals surface area contributed by atoms with E-state index >= 15 is 8.78 Å². The summed E-state index contributed by atoms with van der Waals surface area (Å²) in [6.07, 6.45) is 4.57. The fourth-order valence-corrected chi connectivity index (χ4v) is 6.95. The number of aromatic nitrogens is 1. The molecule has 2 aromatic rings. The Bertz CT molecular complexity index is 1460. The lowest BCUT2D eigenvalue weighted by Gasteiger charge is -2.37. The van der Waals surface area contributed by atoms with E-state index in [0.717, 1.165) is 25.0 Å². The van der Waals surface area contributed by atoms with Crippen molar-refractivity contribution < 1.29 is 31.3 Å². The number of esters is 1. The predicted octanol–water partition coefficient (Wildman–Crippen LogP) is 5.42. The van der Waals surface area contributed by atoms with Gasteiger partial charge in [-0.2, -0.15) is 0 Å². The molecule has 2 fully saturated rings. The molecule has 0 radical (unpaired) electrons. The zero-order valence-corrected chi connectivity index (χ0v) is 23.7. The Morgan fingerprint density at radius 3 is 2.58 bits per heavy atom. The van der Waals surface area contributed by atoms with Crippen LogP contribution in [0, 0.1) is 11.6 Å². The maximum Gasteiger partial charge on any atom is 0.339 e. The monoisotopic (exact) mass is 596 g/mol. The zero-order valence-electron chi connectivity index (χ0n) is 22.1. The minimum atomic E-state index is -2.43. The van der Waals surface area contributed by atoms with Crippen molar-refractivity contribution >= 4 is 40.0 Å². The van der Waals surface area contributed by atoms with E-state index in [1.54, 1.807) is 17.2 Å². The Kier molecular flexibility index (Phi) is 7.99. The third-order valence-electron chi connectivity index (χ3n) is 6.78. The molecule has 6 rings (SSSR count). The van der Waals surface area contributed by atoms with E-state index in [2.05, 4.69) is 28.5 Å². The number of nitrogens with zero attached hydrogens (tertiary/aromatic N) is 3. The molecule has 1 N–H and O–H groups in total. The number of carbonyl (C=O) groups excluding carboxylic acids is 1. The summed E-state index contributed by atoms with van der Waals surface area (Å²) in [5, 5.41) is 2.07. The molecule has 3 atom stereocenters. The van der Waals surface area contributed by atoms with Gasteiger partial charge in [0.15, 0.2) is 39.7 Å². The van der Waals surface area contributed by atoms with Crippen molar-refractivity contribution in [3.8, 4) is 0 Å². The second-order valence-corrected chi connectivity index (χ2v) is 12.2. The molecule has 40 heavy (non-hydrogen) atoms. The zero-order chi connectivity index (χ0) is 28.8. The first-order valence-electron chi connectivity index (χ1n) is 13.1. The van der Waals surface area contributed by atoms with Gasteiger partial charge in [0.25, 0.3) is 0 Å². The fraction of sp³-hybridized carbons (Fsp3) is 0.444. The molecule has 1 aromatic heterocycles. The summed E-state index contributed by atoms with van der Waals surface area (Å²) >= 11 is 1.19. The van der Waals surface area contributed by atoms with Crippen LogP contribution in [0.3, 0.4) is 0 Å². The topological polar surface area (TPSA) is 83.9 Å². The van der Waals surface area contributed by atoms with Crippen molar-refractivity contribution in [2.75, 3.05) is 13.2 Å². The molecular weight excluding hydrogens is 568 g/mol. The lowest BCUT2D eigenvalue weighted by Crippen LogP contribution is -2.44. The summed E-state index contributed by atoms with van der Waals surface area (Å²) in [5.41, 5.74) is -3.75. The molecule has 1 saturated carbocycles. The quantitative estimate of drug-likeness (QED) is 0.356. The Hall–Kier alpha value is -2.90. The van der Waals surface area contributed by atoms with E-state index in [-0.39, 0.29) is 47.5 Å². The largest absolute Gasteiger partial charge is 0.462 e. The van der Waals surface area contributed by atoms with Gasteiger partial charge in [-0.3, -0.25) is 0 Å². The van der Waals surface area contributed by atoms with Crippen molar-refractivity contribution in [3.63, 3.8) is 0 Å². The lowest BCUT2D eigenvalue weighted by atomic mass is 9.81. The Labute approximate surface area is 235 Å². The Morgan fingerprint density at radius 2 is 1.95 bits per heavy atom. The number of benzene rings is 1. The number of rotatable bonds is 6. The van der Waals surface area contributed by atoms with Crippen LogP contribution < -0.4 is 4.72 Å². The van der Waals surface area contributed by atoms with Crippen LogP contribution in [0.5, 0.6) is 0 Å². The summed E-state index contributed by atoms with van der Waals surface area (Å²) < 4.78 is 81.2. The Balaban J connectivity index is 0.00000103. The Morgan fingerprint density at radius 1 is 1.23 bits per heavy atom. The third-order valence-corrected chi connectivity index (χ3v) is 9.19. The van der Waals surface area contributed by atoms with Crippen LogP contribution in [0.2, 0.25) is 0 Å². The van der Waals surface area contributed by atoms with Crippen molar-refractivity contribution in [2.45, 2.75) is 63.3 Å². The molecule has 3 heterocycles. The SMILES string of the molecule is CCC.CCOC(=O)C1=C2CC(NS(=O)C3CC3)CN2C(c2nccs2)=NC12C(F)=C(F)c1c2ccc(F)c1F. The number of ether oxygens (including phenoxy) is 1. The van der Waals surface area contributed by atoms with Gasteiger partial charge in [0.2, 0.25) is 0 Å². The van der Waals surface area contributed by atoms with Crippen LogP contribution in [-0.2, 0) is 26.1 Å². The first kappa shape index (κ1) is 28.6. The highest BCUT2D eigenvalue weighted by Crippen LogP contribution is 2.57. The average Bonchev–Trinajstić information content (AvgIpc) is 3.40. The summed E-state index contributed by atoms with van der Waals surface area (Å²) in [6.45, 7) is 5.97. The minimum absolute atomic E-state index is 0.0450. The van der Waals surface area contributed by atoms with Gasteiger partial charge in [0.1, 0.15) is 0 Å². The third kappa shape index (κ3) is 4.61. The molecule has 1 spiro atoms. The number of nitrogens with one attached hydrogen (secondary N) is 1. The van der Waals surface area contributed by atoms with Crippen LogP contribution in [0.25, 0.3) is 5.83 Å². The van der Waals surface area contributed by atoms with E-state index in [1.807, 2.05) is 0 Å². The van der Waals surface area contributed by atoms with E-state index in [4.69, 9.17) is 4.74 Å². The summed E-state index contributed by atoms with van der Waals surface area (Å²) in [7, 11) is -1.31. The van der Waals surface area contributed by atoms with Gasteiger partial charge < -0.3 is 9.64 Å². The minimum Gasteiger partial charge on any atom is -0.462 e. The van der Waals surface area contributed by atoms with E-state index in [1.165, 1.54) is 24.0 Å². The molecule has 214 valence electrons.